The molecule has 0 atom stereocenters. The molecule has 0 aliphatic carbocycles. The molecule has 4 rings (SSSR count). The van der Waals surface area contributed by atoms with E-state index in [1.165, 1.54) is 5.56 Å². The first-order chi connectivity index (χ1) is 10.8. The molecule has 0 unspecified atom stereocenters. The van der Waals surface area contributed by atoms with E-state index in [4.69, 9.17) is 0 Å². The monoisotopic (exact) mass is 291 g/mol. The number of benzene rings is 2. The van der Waals surface area contributed by atoms with Crippen molar-refractivity contribution >= 4 is 10.9 Å². The lowest BCUT2D eigenvalue weighted by atomic mass is 10.1. The molecule has 0 aliphatic heterocycles. The van der Waals surface area contributed by atoms with Gasteiger partial charge in [-0.3, -0.25) is 9.51 Å². The fourth-order valence-electron chi connectivity index (χ4n) is 2.60. The first kappa shape index (κ1) is 12.6. The first-order valence-electron chi connectivity index (χ1n) is 6.99. The Bertz CT molecular complexity index is 980. The van der Waals surface area contributed by atoms with Crippen molar-refractivity contribution in [1.29, 1.82) is 0 Å². The van der Waals surface area contributed by atoms with E-state index in [0.717, 1.165) is 23.0 Å². The SMILES string of the molecule is O=c1[nH]c(-c2ccc3ccn(Cc4ccccc4)c3c2)no1. The summed E-state index contributed by atoms with van der Waals surface area (Å²) in [5.74, 6) is -0.103. The molecule has 1 N–H and O–H groups in total. The molecule has 0 bridgehead atoms. The van der Waals surface area contributed by atoms with E-state index in [9.17, 15) is 4.79 Å². The minimum Gasteiger partial charge on any atom is -0.343 e. The fraction of sp³-hybridized carbons (Fsp3) is 0.0588. The van der Waals surface area contributed by atoms with Crippen LogP contribution >= 0.6 is 0 Å². The summed E-state index contributed by atoms with van der Waals surface area (Å²) >= 11 is 0. The van der Waals surface area contributed by atoms with E-state index in [1.54, 1.807) is 0 Å². The topological polar surface area (TPSA) is 63.8 Å². The number of aromatic amines is 1. The second-order valence-corrected chi connectivity index (χ2v) is 5.15. The number of hydrogen-bond donors (Lipinski definition) is 1. The van der Waals surface area contributed by atoms with Gasteiger partial charge in [0.05, 0.1) is 0 Å². The molecule has 0 amide bonds. The van der Waals surface area contributed by atoms with E-state index >= 15 is 0 Å². The Kier molecular flexibility index (Phi) is 2.89. The van der Waals surface area contributed by atoms with Crippen molar-refractivity contribution < 1.29 is 4.52 Å². The van der Waals surface area contributed by atoms with Crippen molar-refractivity contribution in [2.24, 2.45) is 0 Å². The Morgan fingerprint density at radius 1 is 1.09 bits per heavy atom. The second-order valence-electron chi connectivity index (χ2n) is 5.15. The Balaban J connectivity index is 1.78. The summed E-state index contributed by atoms with van der Waals surface area (Å²) in [7, 11) is 0. The Morgan fingerprint density at radius 3 is 2.73 bits per heavy atom. The number of nitrogens with one attached hydrogen (secondary N) is 1. The summed E-state index contributed by atoms with van der Waals surface area (Å²) in [6.45, 7) is 0.795. The average Bonchev–Trinajstić information content (AvgIpc) is 3.15. The van der Waals surface area contributed by atoms with Crippen LogP contribution in [-0.2, 0) is 6.54 Å². The van der Waals surface area contributed by atoms with Crippen LogP contribution in [0.2, 0.25) is 0 Å². The maximum absolute atomic E-state index is 11.1. The number of nitrogens with zero attached hydrogens (tertiary/aromatic N) is 2. The number of fused-ring (bicyclic) bond motifs is 1. The molecule has 0 saturated heterocycles. The zero-order valence-electron chi connectivity index (χ0n) is 11.7. The van der Waals surface area contributed by atoms with Gasteiger partial charge < -0.3 is 4.57 Å². The Labute approximate surface area is 125 Å². The third-order valence-electron chi connectivity index (χ3n) is 3.68. The van der Waals surface area contributed by atoms with Gasteiger partial charge in [-0.15, -0.1) is 0 Å². The van der Waals surface area contributed by atoms with E-state index in [-0.39, 0.29) is 0 Å². The molecule has 0 radical (unpaired) electrons. The molecule has 108 valence electrons. The highest BCUT2D eigenvalue weighted by Crippen LogP contribution is 2.23. The highest BCUT2D eigenvalue weighted by atomic mass is 16.5. The van der Waals surface area contributed by atoms with Crippen molar-refractivity contribution in [2.75, 3.05) is 0 Å². The van der Waals surface area contributed by atoms with Crippen molar-refractivity contribution in [1.82, 2.24) is 14.7 Å². The number of rotatable bonds is 3. The van der Waals surface area contributed by atoms with Gasteiger partial charge in [-0.25, -0.2) is 4.79 Å². The lowest BCUT2D eigenvalue weighted by Crippen LogP contribution is -1.98. The predicted molar refractivity (Wildman–Crippen MR) is 83.6 cm³/mol. The number of H-pyrrole nitrogens is 1. The highest BCUT2D eigenvalue weighted by molar-refractivity contribution is 5.84. The van der Waals surface area contributed by atoms with E-state index in [2.05, 4.69) is 43.6 Å². The third kappa shape index (κ3) is 2.22. The van der Waals surface area contributed by atoms with Gasteiger partial charge in [0.25, 0.3) is 0 Å². The molecule has 2 aromatic carbocycles. The number of aromatic nitrogens is 3. The summed E-state index contributed by atoms with van der Waals surface area (Å²) in [5.41, 5.74) is 3.15. The summed E-state index contributed by atoms with van der Waals surface area (Å²) in [6.07, 6.45) is 2.06. The molecule has 0 saturated carbocycles. The molecule has 22 heavy (non-hydrogen) atoms. The largest absolute Gasteiger partial charge is 0.439 e. The predicted octanol–water partition coefficient (Wildman–Crippen LogP) is 3.03. The van der Waals surface area contributed by atoms with Gasteiger partial charge in [0.15, 0.2) is 5.82 Å². The van der Waals surface area contributed by atoms with Crippen LogP contribution in [0.3, 0.4) is 0 Å². The van der Waals surface area contributed by atoms with E-state index in [0.29, 0.717) is 5.82 Å². The molecule has 5 heteroatoms. The average molecular weight is 291 g/mol. The van der Waals surface area contributed by atoms with Crippen LogP contribution in [0.1, 0.15) is 5.56 Å². The number of hydrogen-bond acceptors (Lipinski definition) is 3. The Morgan fingerprint density at radius 2 is 1.95 bits per heavy atom. The van der Waals surface area contributed by atoms with Crippen LogP contribution in [0.5, 0.6) is 0 Å². The minimum atomic E-state index is -0.547. The zero-order chi connectivity index (χ0) is 14.9. The lowest BCUT2D eigenvalue weighted by Gasteiger charge is -2.06. The summed E-state index contributed by atoms with van der Waals surface area (Å²) < 4.78 is 6.74. The van der Waals surface area contributed by atoms with Gasteiger partial charge in [-0.05, 0) is 23.1 Å². The van der Waals surface area contributed by atoms with E-state index < -0.39 is 5.76 Å². The summed E-state index contributed by atoms with van der Waals surface area (Å²) in [4.78, 5) is 13.7. The van der Waals surface area contributed by atoms with E-state index in [1.807, 2.05) is 36.4 Å². The van der Waals surface area contributed by atoms with Crippen molar-refractivity contribution in [3.05, 3.63) is 76.9 Å². The molecule has 2 aromatic heterocycles. The van der Waals surface area contributed by atoms with Crippen LogP contribution in [0.25, 0.3) is 22.3 Å². The molecule has 0 aliphatic rings. The highest BCUT2D eigenvalue weighted by Gasteiger charge is 2.08. The quantitative estimate of drug-likeness (QED) is 0.631. The van der Waals surface area contributed by atoms with Gasteiger partial charge in [0.1, 0.15) is 0 Å². The van der Waals surface area contributed by atoms with Gasteiger partial charge in [0.2, 0.25) is 0 Å². The van der Waals surface area contributed by atoms with Crippen LogP contribution in [-0.4, -0.2) is 14.7 Å². The normalized spacial score (nSPS) is 11.1. The standard InChI is InChI=1S/C17H13N3O2/c21-17-18-16(19-22-17)14-7-6-13-8-9-20(15(13)10-14)11-12-4-2-1-3-5-12/h1-10H,11H2,(H,18,19,21). The molecule has 5 nitrogen and oxygen atoms in total. The molecular weight excluding hydrogens is 278 g/mol. The summed E-state index contributed by atoms with van der Waals surface area (Å²) in [5, 5.41) is 4.88. The molecule has 0 fully saturated rings. The first-order valence-corrected chi connectivity index (χ1v) is 6.99. The maximum Gasteiger partial charge on any atom is 0.439 e. The van der Waals surface area contributed by atoms with Crippen LogP contribution in [0.4, 0.5) is 0 Å². The van der Waals surface area contributed by atoms with Crippen molar-refractivity contribution in [2.45, 2.75) is 6.54 Å². The maximum atomic E-state index is 11.1. The minimum absolute atomic E-state index is 0.444. The van der Waals surface area contributed by atoms with Crippen LogP contribution in [0, 0.1) is 0 Å². The molecule has 4 aromatic rings. The third-order valence-corrected chi connectivity index (χ3v) is 3.68. The smallest absolute Gasteiger partial charge is 0.343 e. The van der Waals surface area contributed by atoms with Gasteiger partial charge in [-0.2, -0.15) is 0 Å². The van der Waals surface area contributed by atoms with Crippen LogP contribution < -0.4 is 5.76 Å². The van der Waals surface area contributed by atoms with Crippen molar-refractivity contribution in [3.8, 4) is 11.4 Å². The van der Waals surface area contributed by atoms with Gasteiger partial charge >= 0.3 is 5.76 Å². The fourth-order valence-corrected chi connectivity index (χ4v) is 2.60. The van der Waals surface area contributed by atoms with Gasteiger partial charge in [0, 0.05) is 23.8 Å². The van der Waals surface area contributed by atoms with Crippen LogP contribution in [0.15, 0.2) is 70.1 Å². The second kappa shape index (κ2) is 5.04. The van der Waals surface area contributed by atoms with Crippen molar-refractivity contribution in [3.63, 3.8) is 0 Å². The Hall–Kier alpha value is -3.08. The molecule has 2 heterocycles. The molecule has 0 spiro atoms. The molecular formula is C17H13N3O2. The van der Waals surface area contributed by atoms with Gasteiger partial charge in [-0.1, -0.05) is 47.6 Å². The summed E-state index contributed by atoms with van der Waals surface area (Å²) in [6, 6.07) is 18.3. The zero-order valence-corrected chi connectivity index (χ0v) is 11.7. The lowest BCUT2D eigenvalue weighted by molar-refractivity contribution is 0.388.